The summed E-state index contributed by atoms with van der Waals surface area (Å²) in [6.45, 7) is 11.3. The molecule has 2 aromatic rings. The number of carbonyl (C=O) groups excluding carboxylic acids is 1. The number of rotatable bonds is 5. The highest BCUT2D eigenvalue weighted by Crippen LogP contribution is 2.31. The van der Waals surface area contributed by atoms with Gasteiger partial charge < -0.3 is 9.47 Å². The fraction of sp³-hybridized carbons (Fsp3) is 0.235. The molecule has 0 saturated carbocycles. The van der Waals surface area contributed by atoms with Gasteiger partial charge in [0.05, 0.1) is 18.7 Å². The molecule has 0 saturated heterocycles. The number of nitrogens with zero attached hydrogens (tertiary/aromatic N) is 2. The first-order chi connectivity index (χ1) is 10.7. The lowest BCUT2D eigenvalue weighted by Gasteiger charge is -2.11. The fourth-order valence-corrected chi connectivity index (χ4v) is 1.94. The highest BCUT2D eigenvalue weighted by Gasteiger charge is 2.19. The van der Waals surface area contributed by atoms with E-state index in [9.17, 15) is 4.79 Å². The zero-order valence-electron chi connectivity index (χ0n) is 12.5. The van der Waals surface area contributed by atoms with E-state index in [0.29, 0.717) is 5.69 Å². The van der Waals surface area contributed by atoms with E-state index in [1.807, 2.05) is 30.3 Å². The molecule has 0 bridgehead atoms. The minimum Gasteiger partial charge on any atom is -0.481 e. The summed E-state index contributed by atoms with van der Waals surface area (Å²) in [5.74, 6) is -0.384. The van der Waals surface area contributed by atoms with Crippen LogP contribution in [0.1, 0.15) is 28.5 Å². The molecule has 0 radical (unpaired) electrons. The second kappa shape index (κ2) is 7.23. The number of aryl methyl sites for hydroxylation is 1. The van der Waals surface area contributed by atoms with Crippen LogP contribution in [0, 0.1) is 13.5 Å². The molecule has 112 valence electrons. The minimum atomic E-state index is -0.538. The summed E-state index contributed by atoms with van der Waals surface area (Å²) in [6.07, 6.45) is 0. The molecule has 2 rings (SSSR count). The van der Waals surface area contributed by atoms with Crippen LogP contribution >= 0.6 is 0 Å². The van der Waals surface area contributed by atoms with Gasteiger partial charge in [-0.25, -0.2) is 14.6 Å². The molecule has 0 N–H and O–H groups in total. The molecule has 0 fully saturated rings. The zero-order valence-corrected chi connectivity index (χ0v) is 12.5. The van der Waals surface area contributed by atoms with Gasteiger partial charge in [-0.05, 0) is 25.5 Å². The number of carbonyl (C=O) groups is 1. The molecule has 22 heavy (non-hydrogen) atoms. The van der Waals surface area contributed by atoms with Crippen molar-refractivity contribution in [1.29, 1.82) is 0 Å². The van der Waals surface area contributed by atoms with Gasteiger partial charge in [-0.15, -0.1) is 0 Å². The molecular weight excluding hydrogens is 280 g/mol. The van der Waals surface area contributed by atoms with Gasteiger partial charge in [-0.1, -0.05) is 30.3 Å². The van der Waals surface area contributed by atoms with E-state index in [2.05, 4.69) is 9.83 Å². The van der Waals surface area contributed by atoms with Crippen molar-refractivity contribution in [3.8, 4) is 5.88 Å². The topological polar surface area (TPSA) is 52.8 Å². The summed E-state index contributed by atoms with van der Waals surface area (Å²) in [4.78, 5) is 19.6. The van der Waals surface area contributed by atoms with Crippen LogP contribution in [0.3, 0.4) is 0 Å². The van der Waals surface area contributed by atoms with Crippen molar-refractivity contribution < 1.29 is 14.3 Å². The molecule has 0 spiro atoms. The van der Waals surface area contributed by atoms with Crippen LogP contribution in [0.15, 0.2) is 36.4 Å². The number of pyridine rings is 1. The Labute approximate surface area is 129 Å². The SMILES string of the molecule is [C-]#[N+]c1c(C(=O)OCC)cc(C)nc1OCc1ccccc1. The molecule has 0 aliphatic rings. The number of ether oxygens (including phenoxy) is 2. The normalized spacial score (nSPS) is 9.86. The number of aromatic nitrogens is 1. The van der Waals surface area contributed by atoms with Crippen molar-refractivity contribution >= 4 is 11.7 Å². The maximum absolute atomic E-state index is 12.0. The number of benzene rings is 1. The summed E-state index contributed by atoms with van der Waals surface area (Å²) in [5, 5.41) is 0. The van der Waals surface area contributed by atoms with Crippen molar-refractivity contribution in [2.75, 3.05) is 6.61 Å². The van der Waals surface area contributed by atoms with Crippen molar-refractivity contribution in [1.82, 2.24) is 4.98 Å². The van der Waals surface area contributed by atoms with E-state index in [-0.39, 0.29) is 30.3 Å². The molecule has 0 aliphatic carbocycles. The molecule has 1 aromatic heterocycles. The van der Waals surface area contributed by atoms with Gasteiger partial charge in [0.2, 0.25) is 5.88 Å². The maximum atomic E-state index is 12.0. The van der Waals surface area contributed by atoms with E-state index in [4.69, 9.17) is 16.0 Å². The standard InChI is InChI=1S/C17H16N2O3/c1-4-21-17(20)14-10-12(2)19-16(15(14)18-3)22-11-13-8-6-5-7-9-13/h5-10H,4,11H2,1-2H3. The Morgan fingerprint density at radius 1 is 1.32 bits per heavy atom. The molecule has 0 amide bonds. The predicted molar refractivity (Wildman–Crippen MR) is 82.0 cm³/mol. The number of hydrogen-bond donors (Lipinski definition) is 0. The van der Waals surface area contributed by atoms with Crippen LogP contribution in [-0.2, 0) is 11.3 Å². The van der Waals surface area contributed by atoms with E-state index >= 15 is 0 Å². The Morgan fingerprint density at radius 3 is 2.68 bits per heavy atom. The van der Waals surface area contributed by atoms with Crippen LogP contribution in [0.2, 0.25) is 0 Å². The predicted octanol–water partition coefficient (Wildman–Crippen LogP) is 3.70. The van der Waals surface area contributed by atoms with E-state index in [1.165, 1.54) is 0 Å². The van der Waals surface area contributed by atoms with Gasteiger partial charge in [0, 0.05) is 5.69 Å². The average Bonchev–Trinajstić information content (AvgIpc) is 2.53. The van der Waals surface area contributed by atoms with Gasteiger partial charge >= 0.3 is 5.97 Å². The molecule has 0 aliphatic heterocycles. The van der Waals surface area contributed by atoms with Crippen LogP contribution in [0.4, 0.5) is 5.69 Å². The zero-order chi connectivity index (χ0) is 15.9. The van der Waals surface area contributed by atoms with Crippen LogP contribution in [-0.4, -0.2) is 17.6 Å². The monoisotopic (exact) mass is 296 g/mol. The molecule has 1 aromatic carbocycles. The highest BCUT2D eigenvalue weighted by atomic mass is 16.5. The third-order valence-electron chi connectivity index (χ3n) is 2.91. The van der Waals surface area contributed by atoms with E-state index < -0.39 is 5.97 Å². The molecular formula is C17H16N2O3. The third kappa shape index (κ3) is 3.61. The first-order valence-corrected chi connectivity index (χ1v) is 6.88. The summed E-state index contributed by atoms with van der Waals surface area (Å²) in [7, 11) is 0. The first-order valence-electron chi connectivity index (χ1n) is 6.88. The van der Waals surface area contributed by atoms with E-state index in [0.717, 1.165) is 5.56 Å². The van der Waals surface area contributed by atoms with E-state index in [1.54, 1.807) is 19.9 Å². The van der Waals surface area contributed by atoms with Crippen molar-refractivity contribution in [3.05, 3.63) is 64.6 Å². The third-order valence-corrected chi connectivity index (χ3v) is 2.91. The van der Waals surface area contributed by atoms with Gasteiger partial charge in [0.25, 0.3) is 5.69 Å². The van der Waals surface area contributed by atoms with Gasteiger partial charge in [0.15, 0.2) is 0 Å². The first kappa shape index (κ1) is 15.5. The number of esters is 1. The molecule has 0 unspecified atom stereocenters. The number of hydrogen-bond acceptors (Lipinski definition) is 4. The average molecular weight is 296 g/mol. The van der Waals surface area contributed by atoms with Gasteiger partial charge in [-0.2, -0.15) is 0 Å². The summed E-state index contributed by atoms with van der Waals surface area (Å²) in [5.41, 5.74) is 1.82. The highest BCUT2D eigenvalue weighted by molar-refractivity contribution is 5.97. The Hall–Kier alpha value is -2.87. The summed E-state index contributed by atoms with van der Waals surface area (Å²) < 4.78 is 10.6. The largest absolute Gasteiger partial charge is 0.481 e. The second-order valence-electron chi connectivity index (χ2n) is 4.57. The maximum Gasteiger partial charge on any atom is 0.327 e. The molecule has 0 atom stereocenters. The van der Waals surface area contributed by atoms with Crippen LogP contribution in [0.5, 0.6) is 5.88 Å². The Kier molecular flexibility index (Phi) is 5.10. The lowest BCUT2D eigenvalue weighted by Crippen LogP contribution is -2.07. The lowest BCUT2D eigenvalue weighted by atomic mass is 10.2. The quantitative estimate of drug-likeness (QED) is 0.623. The Bertz CT molecular complexity index is 706. The van der Waals surface area contributed by atoms with Crippen molar-refractivity contribution in [3.63, 3.8) is 0 Å². The van der Waals surface area contributed by atoms with Crippen LogP contribution in [0.25, 0.3) is 4.85 Å². The van der Waals surface area contributed by atoms with Gasteiger partial charge in [-0.3, -0.25) is 0 Å². The lowest BCUT2D eigenvalue weighted by molar-refractivity contribution is 0.0527. The van der Waals surface area contributed by atoms with Crippen molar-refractivity contribution in [2.45, 2.75) is 20.5 Å². The van der Waals surface area contributed by atoms with Crippen molar-refractivity contribution in [2.24, 2.45) is 0 Å². The van der Waals surface area contributed by atoms with Gasteiger partial charge in [0.1, 0.15) is 6.61 Å². The second-order valence-corrected chi connectivity index (χ2v) is 4.57. The Morgan fingerprint density at radius 2 is 2.05 bits per heavy atom. The molecule has 1 heterocycles. The minimum absolute atomic E-state index is 0.0833. The summed E-state index contributed by atoms with van der Waals surface area (Å²) in [6, 6.07) is 11.1. The van der Waals surface area contributed by atoms with Crippen LogP contribution < -0.4 is 4.74 Å². The Balaban J connectivity index is 2.31. The fourth-order valence-electron chi connectivity index (χ4n) is 1.94. The molecule has 5 nitrogen and oxygen atoms in total. The molecule has 5 heteroatoms. The smallest absolute Gasteiger partial charge is 0.327 e. The summed E-state index contributed by atoms with van der Waals surface area (Å²) >= 11 is 0.